The molecule has 0 radical (unpaired) electrons. The van der Waals surface area contributed by atoms with Gasteiger partial charge in [0.2, 0.25) is 0 Å². The average molecular weight is 414 g/mol. The van der Waals surface area contributed by atoms with Crippen molar-refractivity contribution < 1.29 is 4.39 Å². The molecule has 4 aromatic rings. The van der Waals surface area contributed by atoms with Gasteiger partial charge in [0, 0.05) is 22.2 Å². The van der Waals surface area contributed by atoms with Crippen molar-refractivity contribution in [3.63, 3.8) is 0 Å². The summed E-state index contributed by atoms with van der Waals surface area (Å²) in [6, 6.07) is 8.05. The van der Waals surface area contributed by atoms with E-state index in [1.807, 2.05) is 19.1 Å². The minimum atomic E-state index is -0.549. The Kier molecular flexibility index (Phi) is 4.91. The van der Waals surface area contributed by atoms with Crippen molar-refractivity contribution in [2.45, 2.75) is 19.9 Å². The van der Waals surface area contributed by atoms with Crippen LogP contribution in [0.3, 0.4) is 0 Å². The number of aromatic nitrogens is 2. The van der Waals surface area contributed by atoms with E-state index in [1.54, 1.807) is 29.7 Å². The summed E-state index contributed by atoms with van der Waals surface area (Å²) in [5.74, 6) is 0.111. The lowest BCUT2D eigenvalue weighted by molar-refractivity contribution is 0.636. The fourth-order valence-electron chi connectivity index (χ4n) is 3.21. The summed E-state index contributed by atoms with van der Waals surface area (Å²) in [5, 5.41) is 8.29. The first kappa shape index (κ1) is 18.7. The van der Waals surface area contributed by atoms with Crippen LogP contribution < -0.4 is 10.9 Å². The van der Waals surface area contributed by atoms with Gasteiger partial charge in [0.05, 0.1) is 11.6 Å². The third kappa shape index (κ3) is 3.53. The van der Waals surface area contributed by atoms with Gasteiger partial charge in [-0.25, -0.2) is 9.37 Å². The second-order valence-electron chi connectivity index (χ2n) is 6.67. The molecule has 0 saturated heterocycles. The first-order valence-electron chi connectivity index (χ1n) is 8.70. The minimum absolute atomic E-state index is 0.151. The highest BCUT2D eigenvalue weighted by molar-refractivity contribution is 7.08. The molecule has 3 heterocycles. The van der Waals surface area contributed by atoms with Crippen LogP contribution in [0.4, 0.5) is 10.2 Å². The molecule has 0 unspecified atom stereocenters. The lowest BCUT2D eigenvalue weighted by Crippen LogP contribution is -2.20. The summed E-state index contributed by atoms with van der Waals surface area (Å²) in [4.78, 5) is 19.5. The van der Waals surface area contributed by atoms with Crippen LogP contribution >= 0.6 is 22.9 Å². The first-order valence-corrected chi connectivity index (χ1v) is 10.0. The quantitative estimate of drug-likeness (QED) is 0.436. The summed E-state index contributed by atoms with van der Waals surface area (Å²) in [6.07, 6.45) is 1.74. The van der Waals surface area contributed by atoms with Gasteiger partial charge in [0.25, 0.3) is 5.56 Å². The second kappa shape index (κ2) is 7.37. The smallest absolute Gasteiger partial charge is 0.253 e. The minimum Gasteiger partial charge on any atom is -0.363 e. The molecule has 1 aromatic carbocycles. The number of hydrogen-bond acceptors (Lipinski definition) is 4. The predicted molar refractivity (Wildman–Crippen MR) is 114 cm³/mol. The van der Waals surface area contributed by atoms with E-state index in [2.05, 4.69) is 33.0 Å². The molecule has 0 bridgehead atoms. The van der Waals surface area contributed by atoms with Gasteiger partial charge in [-0.2, -0.15) is 11.3 Å². The van der Waals surface area contributed by atoms with Crippen molar-refractivity contribution in [2.75, 3.05) is 5.32 Å². The van der Waals surface area contributed by atoms with E-state index >= 15 is 0 Å². The topological polar surface area (TPSA) is 57.8 Å². The number of halogens is 2. The van der Waals surface area contributed by atoms with Gasteiger partial charge in [-0.3, -0.25) is 4.79 Å². The SMILES string of the molecule is Cc1cscc1-c1ccnc(N[C@@H](C)c2cc3cc(Cl)cc(F)c3[nH]c2=O)c1. The standard InChI is InChI=1S/C21H17ClFN3OS/c1-11-9-28-10-17(11)13-3-4-24-19(7-13)25-12(2)16-6-14-5-15(22)8-18(23)20(14)26-21(16)27/h3-10,12H,1-2H3,(H,24,25)(H,26,27)/t12-/m0/s1. The zero-order valence-electron chi connectivity index (χ0n) is 15.2. The van der Waals surface area contributed by atoms with Crippen molar-refractivity contribution in [1.82, 2.24) is 9.97 Å². The number of hydrogen-bond donors (Lipinski definition) is 2. The number of benzene rings is 1. The van der Waals surface area contributed by atoms with Crippen LogP contribution in [0, 0.1) is 12.7 Å². The number of pyridine rings is 2. The fraction of sp³-hybridized carbons (Fsp3) is 0.143. The van der Waals surface area contributed by atoms with Gasteiger partial charge in [-0.05, 0) is 71.6 Å². The Morgan fingerprint density at radius 1 is 1.25 bits per heavy atom. The molecule has 4 nitrogen and oxygen atoms in total. The molecule has 1 atom stereocenters. The molecule has 142 valence electrons. The molecule has 0 aliphatic carbocycles. The maximum atomic E-state index is 14.0. The molecule has 0 aliphatic rings. The molecule has 0 fully saturated rings. The Hall–Kier alpha value is -2.70. The number of anilines is 1. The molecule has 0 aliphatic heterocycles. The van der Waals surface area contributed by atoms with Crippen molar-refractivity contribution in [3.8, 4) is 11.1 Å². The van der Waals surface area contributed by atoms with Crippen LogP contribution in [0.15, 0.2) is 52.1 Å². The van der Waals surface area contributed by atoms with Gasteiger partial charge < -0.3 is 10.3 Å². The summed E-state index contributed by atoms with van der Waals surface area (Å²) in [6.45, 7) is 3.93. The number of thiophene rings is 1. The third-order valence-electron chi connectivity index (χ3n) is 4.65. The fourth-order valence-corrected chi connectivity index (χ4v) is 4.28. The third-order valence-corrected chi connectivity index (χ3v) is 5.73. The molecule has 0 saturated carbocycles. The summed E-state index contributed by atoms with van der Waals surface area (Å²) >= 11 is 7.60. The first-order chi connectivity index (χ1) is 13.4. The second-order valence-corrected chi connectivity index (χ2v) is 7.85. The molecular formula is C21H17ClFN3OS. The number of fused-ring (bicyclic) bond motifs is 1. The number of nitrogens with zero attached hydrogens (tertiary/aromatic N) is 1. The number of aryl methyl sites for hydroxylation is 1. The van der Waals surface area contributed by atoms with Gasteiger partial charge in [-0.15, -0.1) is 0 Å². The van der Waals surface area contributed by atoms with Crippen LogP contribution in [0.5, 0.6) is 0 Å². The van der Waals surface area contributed by atoms with E-state index in [0.717, 1.165) is 11.1 Å². The zero-order chi connectivity index (χ0) is 19.8. The van der Waals surface area contributed by atoms with E-state index in [1.165, 1.54) is 11.6 Å². The maximum Gasteiger partial charge on any atom is 0.253 e. The maximum absolute atomic E-state index is 14.0. The molecule has 7 heteroatoms. The largest absolute Gasteiger partial charge is 0.363 e. The highest BCUT2D eigenvalue weighted by Gasteiger charge is 2.14. The number of H-pyrrole nitrogens is 1. The summed E-state index contributed by atoms with van der Waals surface area (Å²) in [5.41, 5.74) is 3.71. The van der Waals surface area contributed by atoms with E-state index in [0.29, 0.717) is 16.8 Å². The van der Waals surface area contributed by atoms with E-state index in [9.17, 15) is 9.18 Å². The average Bonchev–Trinajstić information content (AvgIpc) is 3.08. The highest BCUT2D eigenvalue weighted by Crippen LogP contribution is 2.29. The molecular weight excluding hydrogens is 397 g/mol. The van der Waals surface area contributed by atoms with Crippen molar-refractivity contribution >= 4 is 39.7 Å². The highest BCUT2D eigenvalue weighted by atomic mass is 35.5. The predicted octanol–water partition coefficient (Wildman–Crippen LogP) is 5.93. The lowest BCUT2D eigenvalue weighted by Gasteiger charge is -2.15. The number of nitrogens with one attached hydrogen (secondary N) is 2. The Labute approximate surface area is 170 Å². The van der Waals surface area contributed by atoms with Crippen molar-refractivity contribution in [1.29, 1.82) is 0 Å². The molecule has 3 aromatic heterocycles. The molecule has 0 amide bonds. The van der Waals surface area contributed by atoms with Gasteiger partial charge in [-0.1, -0.05) is 11.6 Å². The van der Waals surface area contributed by atoms with Gasteiger partial charge in [0.15, 0.2) is 0 Å². The van der Waals surface area contributed by atoms with E-state index in [-0.39, 0.29) is 22.1 Å². The monoisotopic (exact) mass is 413 g/mol. The molecule has 28 heavy (non-hydrogen) atoms. The summed E-state index contributed by atoms with van der Waals surface area (Å²) in [7, 11) is 0. The normalized spacial score (nSPS) is 12.3. The van der Waals surface area contributed by atoms with Gasteiger partial charge >= 0.3 is 0 Å². The Bertz CT molecular complexity index is 1230. The number of rotatable bonds is 4. The number of aromatic amines is 1. The van der Waals surface area contributed by atoms with Crippen LogP contribution in [-0.2, 0) is 0 Å². The summed E-state index contributed by atoms with van der Waals surface area (Å²) < 4.78 is 14.0. The van der Waals surface area contributed by atoms with Gasteiger partial charge in [0.1, 0.15) is 11.6 Å². The van der Waals surface area contributed by atoms with Crippen molar-refractivity contribution in [3.05, 3.63) is 79.6 Å². The van der Waals surface area contributed by atoms with Crippen LogP contribution in [-0.4, -0.2) is 9.97 Å². The molecule has 0 spiro atoms. The Morgan fingerprint density at radius 2 is 2.07 bits per heavy atom. The zero-order valence-corrected chi connectivity index (χ0v) is 16.8. The Morgan fingerprint density at radius 3 is 2.82 bits per heavy atom. The van der Waals surface area contributed by atoms with Crippen LogP contribution in [0.25, 0.3) is 22.0 Å². The lowest BCUT2D eigenvalue weighted by atomic mass is 10.1. The van der Waals surface area contributed by atoms with E-state index in [4.69, 9.17) is 11.6 Å². The van der Waals surface area contributed by atoms with Crippen LogP contribution in [0.2, 0.25) is 5.02 Å². The van der Waals surface area contributed by atoms with Crippen LogP contribution in [0.1, 0.15) is 24.1 Å². The molecule has 4 rings (SSSR count). The van der Waals surface area contributed by atoms with E-state index < -0.39 is 5.82 Å². The molecule has 2 N–H and O–H groups in total. The van der Waals surface area contributed by atoms with Crippen molar-refractivity contribution in [2.24, 2.45) is 0 Å². The Balaban J connectivity index is 1.67.